The van der Waals surface area contributed by atoms with E-state index in [1.165, 1.54) is 12.0 Å². The molecule has 2 bridgehead atoms. The predicted molar refractivity (Wildman–Crippen MR) is 160 cm³/mol. The maximum Gasteiger partial charge on any atom is 0.408 e. The molecule has 2 aromatic rings. The number of ether oxygens (including phenoxy) is 3. The van der Waals surface area contributed by atoms with Crippen molar-refractivity contribution in [3.8, 4) is 6.01 Å². The van der Waals surface area contributed by atoms with E-state index in [0.717, 1.165) is 38.5 Å². The minimum Gasteiger partial charge on any atom is -0.467 e. The lowest BCUT2D eigenvalue weighted by Gasteiger charge is -2.35. The number of alkyl carbamates (subject to hydrolysis) is 1. The third kappa shape index (κ3) is 6.65. The van der Waals surface area contributed by atoms with Crippen LogP contribution in [0.3, 0.4) is 0 Å². The Labute approximate surface area is 252 Å². The number of nitrogens with zero attached hydrogens (tertiary/aromatic N) is 3. The number of benzene rings is 1. The first-order chi connectivity index (χ1) is 20.5. The molecule has 11 heteroatoms. The number of nitrogens with one attached hydrogen (secondary N) is 1. The van der Waals surface area contributed by atoms with E-state index in [1.54, 1.807) is 16.7 Å². The van der Waals surface area contributed by atoms with Gasteiger partial charge in [-0.1, -0.05) is 52.7 Å². The highest BCUT2D eigenvalue weighted by Gasteiger charge is 2.47. The van der Waals surface area contributed by atoms with E-state index in [-0.39, 0.29) is 36.6 Å². The molecule has 2 fully saturated rings. The van der Waals surface area contributed by atoms with Crippen LogP contribution in [0, 0.1) is 17.3 Å². The molecule has 0 spiro atoms. The third-order valence-electron chi connectivity index (χ3n) is 9.07. The maximum absolute atomic E-state index is 14.1. The monoisotopic (exact) mass is 596 g/mol. The summed E-state index contributed by atoms with van der Waals surface area (Å²) in [7, 11) is 1.28. The number of rotatable bonds is 1. The van der Waals surface area contributed by atoms with Crippen LogP contribution in [-0.2, 0) is 25.6 Å². The van der Waals surface area contributed by atoms with Gasteiger partial charge in [0, 0.05) is 13.0 Å². The molecule has 234 valence electrons. The molecule has 6 atom stereocenters. The summed E-state index contributed by atoms with van der Waals surface area (Å²) in [6.45, 7) is 8.23. The van der Waals surface area contributed by atoms with Crippen molar-refractivity contribution < 1.29 is 28.6 Å². The molecule has 43 heavy (non-hydrogen) atoms. The maximum atomic E-state index is 14.1. The Morgan fingerprint density at radius 3 is 2.56 bits per heavy atom. The van der Waals surface area contributed by atoms with Crippen molar-refractivity contribution >= 4 is 28.9 Å². The third-order valence-corrected chi connectivity index (χ3v) is 9.07. The normalized spacial score (nSPS) is 29.0. The molecule has 0 unspecified atom stereocenters. The summed E-state index contributed by atoms with van der Waals surface area (Å²) in [6.07, 6.45) is 3.93. The van der Waals surface area contributed by atoms with Crippen LogP contribution in [0.25, 0.3) is 10.9 Å². The zero-order valence-corrected chi connectivity index (χ0v) is 25.8. The number of carbonyl (C=O) groups is 3. The number of amides is 2. The Kier molecular flexibility index (Phi) is 8.99. The summed E-state index contributed by atoms with van der Waals surface area (Å²) in [6, 6.07) is 5.45. The Bertz CT molecular complexity index is 1420. The van der Waals surface area contributed by atoms with Crippen LogP contribution in [0.5, 0.6) is 6.01 Å². The molecule has 2 amide bonds. The standard InChI is InChI=1S/C32H44N4O7/c1-19-15-20-11-7-6-10-14-35-27(37)22-12-8-9-13-23(22)33-30(35)42-21-17-24(29(39)41-5)36(18-21)28(38)26(32(2,3)4)34-31(40)43-25(20)16-19/h8-9,12-13,19-21,24-26H,6-7,10-11,14-18H2,1-5H3,(H,34,40)/t19-,20-,21-,24+,25-,26-/m1/s1. The average Bonchev–Trinajstić information content (AvgIpc) is 3.53. The fourth-order valence-electron chi connectivity index (χ4n) is 6.83. The molecule has 1 N–H and O–H groups in total. The van der Waals surface area contributed by atoms with Crippen LogP contribution in [0.4, 0.5) is 4.79 Å². The van der Waals surface area contributed by atoms with Gasteiger partial charge in [0.1, 0.15) is 24.3 Å². The first kappa shape index (κ1) is 30.8. The fourth-order valence-corrected chi connectivity index (χ4v) is 6.83. The Balaban J connectivity index is 1.52. The lowest BCUT2D eigenvalue weighted by molar-refractivity contribution is -0.152. The van der Waals surface area contributed by atoms with Gasteiger partial charge in [-0.3, -0.25) is 14.2 Å². The summed E-state index contributed by atoms with van der Waals surface area (Å²) >= 11 is 0. The summed E-state index contributed by atoms with van der Waals surface area (Å²) in [4.78, 5) is 59.9. The highest BCUT2D eigenvalue weighted by atomic mass is 16.6. The molecule has 1 saturated heterocycles. The molecule has 1 aliphatic carbocycles. The van der Waals surface area contributed by atoms with E-state index in [4.69, 9.17) is 19.2 Å². The second-order valence-electron chi connectivity index (χ2n) is 13.4. The van der Waals surface area contributed by atoms with E-state index in [0.29, 0.717) is 23.4 Å². The minimum absolute atomic E-state index is 0.0623. The number of para-hydroxylation sites is 1. The Morgan fingerprint density at radius 2 is 1.81 bits per heavy atom. The number of carbonyl (C=O) groups excluding carboxylic acids is 3. The smallest absolute Gasteiger partial charge is 0.408 e. The number of aromatic nitrogens is 2. The lowest BCUT2D eigenvalue weighted by atomic mass is 9.85. The molecule has 2 aliphatic heterocycles. The molecule has 3 aliphatic rings. The first-order valence-electron chi connectivity index (χ1n) is 15.5. The number of hydrogen-bond donors (Lipinski definition) is 1. The van der Waals surface area contributed by atoms with Crippen LogP contribution < -0.4 is 15.6 Å². The molecule has 1 aromatic carbocycles. The molecule has 3 heterocycles. The van der Waals surface area contributed by atoms with E-state index in [1.807, 2.05) is 32.9 Å². The number of fused-ring (bicyclic) bond motifs is 5. The van der Waals surface area contributed by atoms with Gasteiger partial charge in [-0.2, -0.15) is 4.98 Å². The van der Waals surface area contributed by atoms with Gasteiger partial charge < -0.3 is 24.4 Å². The zero-order chi connectivity index (χ0) is 30.9. The fraction of sp³-hybridized carbons (Fsp3) is 0.656. The molecular weight excluding hydrogens is 552 g/mol. The van der Waals surface area contributed by atoms with E-state index in [9.17, 15) is 19.2 Å². The average molecular weight is 597 g/mol. The summed E-state index contributed by atoms with van der Waals surface area (Å²) in [5.41, 5.74) is -0.341. The van der Waals surface area contributed by atoms with Gasteiger partial charge in [-0.15, -0.1) is 0 Å². The van der Waals surface area contributed by atoms with E-state index >= 15 is 0 Å². The van der Waals surface area contributed by atoms with Crippen molar-refractivity contribution in [2.75, 3.05) is 13.7 Å². The van der Waals surface area contributed by atoms with Crippen molar-refractivity contribution in [2.45, 2.75) is 103 Å². The van der Waals surface area contributed by atoms with Crippen LogP contribution in [-0.4, -0.2) is 70.4 Å². The van der Waals surface area contributed by atoms with Gasteiger partial charge in [0.25, 0.3) is 11.6 Å². The quantitative estimate of drug-likeness (QED) is 0.489. The SMILES string of the molecule is COC(=O)[C@@H]1C[C@@H]2CN1C(=O)[C@H](C(C)(C)C)NC(=O)O[C@@H]1C[C@H](C)C[C@H]1CCCCCn1c(nc3ccccc3c1=O)O2. The van der Waals surface area contributed by atoms with Crippen molar-refractivity contribution in [2.24, 2.45) is 17.3 Å². The van der Waals surface area contributed by atoms with Crippen molar-refractivity contribution in [1.82, 2.24) is 19.8 Å². The molecular formula is C32H44N4O7. The first-order valence-corrected chi connectivity index (χ1v) is 15.5. The molecule has 0 radical (unpaired) electrons. The van der Waals surface area contributed by atoms with Gasteiger partial charge in [-0.25, -0.2) is 9.59 Å². The van der Waals surface area contributed by atoms with Gasteiger partial charge in [-0.05, 0) is 55.1 Å². The molecule has 1 saturated carbocycles. The molecule has 1 aromatic heterocycles. The van der Waals surface area contributed by atoms with Crippen LogP contribution in [0.2, 0.25) is 0 Å². The largest absolute Gasteiger partial charge is 0.467 e. The van der Waals surface area contributed by atoms with E-state index in [2.05, 4.69) is 12.2 Å². The highest BCUT2D eigenvalue weighted by Crippen LogP contribution is 2.37. The number of hydrogen-bond acceptors (Lipinski definition) is 8. The lowest BCUT2D eigenvalue weighted by Crippen LogP contribution is -2.57. The number of methoxy groups -OCH3 is 1. The molecule has 5 rings (SSSR count). The van der Waals surface area contributed by atoms with Gasteiger partial charge >= 0.3 is 12.1 Å². The van der Waals surface area contributed by atoms with Crippen LogP contribution in [0.1, 0.15) is 72.6 Å². The van der Waals surface area contributed by atoms with E-state index < -0.39 is 41.6 Å². The van der Waals surface area contributed by atoms with Crippen LogP contribution >= 0.6 is 0 Å². The summed E-state index contributed by atoms with van der Waals surface area (Å²) in [5, 5.41) is 3.35. The predicted octanol–water partition coefficient (Wildman–Crippen LogP) is 4.05. The zero-order valence-electron chi connectivity index (χ0n) is 25.8. The summed E-state index contributed by atoms with van der Waals surface area (Å²) < 4.78 is 18.9. The number of esters is 1. The highest BCUT2D eigenvalue weighted by molar-refractivity contribution is 5.91. The Hall–Kier alpha value is -3.63. The van der Waals surface area contributed by atoms with Crippen molar-refractivity contribution in [3.63, 3.8) is 0 Å². The van der Waals surface area contributed by atoms with Crippen LogP contribution in [0.15, 0.2) is 29.1 Å². The second-order valence-corrected chi connectivity index (χ2v) is 13.4. The van der Waals surface area contributed by atoms with Crippen molar-refractivity contribution in [3.05, 3.63) is 34.6 Å². The molecule has 11 nitrogen and oxygen atoms in total. The summed E-state index contributed by atoms with van der Waals surface area (Å²) in [5.74, 6) is -0.337. The van der Waals surface area contributed by atoms with Gasteiger partial charge in [0.15, 0.2) is 0 Å². The van der Waals surface area contributed by atoms with Gasteiger partial charge in [0.05, 0.1) is 24.6 Å². The Morgan fingerprint density at radius 1 is 1.05 bits per heavy atom. The van der Waals surface area contributed by atoms with Gasteiger partial charge in [0.2, 0.25) is 5.91 Å². The minimum atomic E-state index is -0.959. The van der Waals surface area contributed by atoms with Crippen molar-refractivity contribution in [1.29, 1.82) is 0 Å². The second kappa shape index (κ2) is 12.5. The topological polar surface area (TPSA) is 129 Å².